The molecule has 6 heteroatoms. The number of hydrogen-bond donors (Lipinski definition) is 2. The van der Waals surface area contributed by atoms with Gasteiger partial charge < -0.3 is 10.4 Å². The predicted molar refractivity (Wildman–Crippen MR) is 67.6 cm³/mol. The Bertz CT molecular complexity index is 449. The molecule has 0 radical (unpaired) electrons. The number of aromatic nitrogens is 1. The summed E-state index contributed by atoms with van der Waals surface area (Å²) in [5, 5.41) is 11.6. The van der Waals surface area contributed by atoms with Crippen LogP contribution in [0.1, 0.15) is 30.8 Å². The van der Waals surface area contributed by atoms with E-state index in [0.29, 0.717) is 6.42 Å². The van der Waals surface area contributed by atoms with E-state index in [4.69, 9.17) is 16.7 Å². The number of halogens is 1. The standard InChI is InChI=1S/C12H15ClN2O3/c1-7(2)6-9(12(17)18)15-11(16)8-4-3-5-10(13)14-8/h3-5,7,9H,6H2,1-2H3,(H,15,16)(H,17,18)/t9-/m0/s1. The molecule has 0 bridgehead atoms. The van der Waals surface area contributed by atoms with Gasteiger partial charge in [0.05, 0.1) is 0 Å². The Hall–Kier alpha value is -1.62. The first-order valence-corrected chi connectivity index (χ1v) is 5.94. The van der Waals surface area contributed by atoms with Gasteiger partial charge in [-0.1, -0.05) is 31.5 Å². The minimum absolute atomic E-state index is 0.109. The molecule has 0 aromatic carbocycles. The molecule has 18 heavy (non-hydrogen) atoms. The lowest BCUT2D eigenvalue weighted by molar-refractivity contribution is -0.139. The van der Waals surface area contributed by atoms with Crippen LogP contribution in [-0.4, -0.2) is 28.0 Å². The van der Waals surface area contributed by atoms with Crippen molar-refractivity contribution in [2.75, 3.05) is 0 Å². The van der Waals surface area contributed by atoms with E-state index >= 15 is 0 Å². The second-order valence-electron chi connectivity index (χ2n) is 4.34. The van der Waals surface area contributed by atoms with Gasteiger partial charge >= 0.3 is 5.97 Å². The fraction of sp³-hybridized carbons (Fsp3) is 0.417. The average Bonchev–Trinajstić information content (AvgIpc) is 2.27. The summed E-state index contributed by atoms with van der Waals surface area (Å²) in [5.41, 5.74) is 0.109. The summed E-state index contributed by atoms with van der Waals surface area (Å²) in [6, 6.07) is 3.69. The molecule has 1 atom stereocenters. The van der Waals surface area contributed by atoms with Crippen LogP contribution in [0.15, 0.2) is 18.2 Å². The number of hydrogen-bond acceptors (Lipinski definition) is 3. The van der Waals surface area contributed by atoms with Gasteiger partial charge in [-0.05, 0) is 24.5 Å². The molecule has 1 rings (SSSR count). The highest BCUT2D eigenvalue weighted by molar-refractivity contribution is 6.29. The lowest BCUT2D eigenvalue weighted by atomic mass is 10.0. The number of aliphatic carboxylic acids is 1. The molecule has 1 heterocycles. The van der Waals surface area contributed by atoms with Crippen LogP contribution in [0.5, 0.6) is 0 Å². The lowest BCUT2D eigenvalue weighted by Gasteiger charge is -2.16. The second-order valence-corrected chi connectivity index (χ2v) is 4.73. The number of rotatable bonds is 5. The van der Waals surface area contributed by atoms with Crippen LogP contribution < -0.4 is 5.32 Å². The first kappa shape index (κ1) is 14.4. The maximum atomic E-state index is 11.8. The molecular weight excluding hydrogens is 256 g/mol. The van der Waals surface area contributed by atoms with Crippen molar-refractivity contribution in [2.45, 2.75) is 26.3 Å². The van der Waals surface area contributed by atoms with Crippen LogP contribution in [0.3, 0.4) is 0 Å². The first-order chi connectivity index (χ1) is 8.40. The SMILES string of the molecule is CC(C)C[C@H](NC(=O)c1cccc(Cl)n1)C(=O)O. The Balaban J connectivity index is 2.75. The lowest BCUT2D eigenvalue weighted by Crippen LogP contribution is -2.41. The number of carbonyl (C=O) groups excluding carboxylic acids is 1. The molecule has 0 unspecified atom stereocenters. The summed E-state index contributed by atoms with van der Waals surface area (Å²) in [6.07, 6.45) is 0.363. The second kappa shape index (κ2) is 6.35. The monoisotopic (exact) mass is 270 g/mol. The number of amides is 1. The summed E-state index contributed by atoms with van der Waals surface area (Å²) in [4.78, 5) is 26.6. The molecule has 1 aromatic heterocycles. The van der Waals surface area contributed by atoms with Crippen molar-refractivity contribution in [1.29, 1.82) is 0 Å². The van der Waals surface area contributed by atoms with Crippen molar-refractivity contribution in [2.24, 2.45) is 5.92 Å². The van der Waals surface area contributed by atoms with Gasteiger partial charge in [-0.25, -0.2) is 9.78 Å². The van der Waals surface area contributed by atoms with Crippen LogP contribution in [0, 0.1) is 5.92 Å². The van der Waals surface area contributed by atoms with Crippen molar-refractivity contribution in [3.63, 3.8) is 0 Å². The van der Waals surface area contributed by atoms with Gasteiger partial charge in [0.15, 0.2) is 0 Å². The van der Waals surface area contributed by atoms with Crippen molar-refractivity contribution in [1.82, 2.24) is 10.3 Å². The number of carboxylic acids is 1. The molecule has 0 aliphatic rings. The van der Waals surface area contributed by atoms with Crippen LogP contribution in [-0.2, 0) is 4.79 Å². The minimum Gasteiger partial charge on any atom is -0.480 e. The smallest absolute Gasteiger partial charge is 0.326 e. The van der Waals surface area contributed by atoms with Gasteiger partial charge in [0.25, 0.3) is 5.91 Å². The van der Waals surface area contributed by atoms with Crippen LogP contribution >= 0.6 is 11.6 Å². The summed E-state index contributed by atoms with van der Waals surface area (Å²) < 4.78 is 0. The van der Waals surface area contributed by atoms with E-state index in [1.165, 1.54) is 6.07 Å². The maximum absolute atomic E-state index is 11.8. The van der Waals surface area contributed by atoms with E-state index in [1.807, 2.05) is 13.8 Å². The summed E-state index contributed by atoms with van der Waals surface area (Å²) in [7, 11) is 0. The van der Waals surface area contributed by atoms with Crippen LogP contribution in [0.4, 0.5) is 0 Å². The van der Waals surface area contributed by atoms with Crippen molar-refractivity contribution in [3.8, 4) is 0 Å². The summed E-state index contributed by atoms with van der Waals surface area (Å²) in [6.45, 7) is 3.78. The highest BCUT2D eigenvalue weighted by Gasteiger charge is 2.22. The third kappa shape index (κ3) is 4.33. The van der Waals surface area contributed by atoms with Gasteiger partial charge in [0.2, 0.25) is 0 Å². The molecule has 1 amide bonds. The Morgan fingerprint density at radius 2 is 2.11 bits per heavy atom. The largest absolute Gasteiger partial charge is 0.480 e. The number of nitrogens with one attached hydrogen (secondary N) is 1. The number of pyridine rings is 1. The molecule has 0 fully saturated rings. The van der Waals surface area contributed by atoms with Gasteiger partial charge in [-0.3, -0.25) is 4.79 Å². The summed E-state index contributed by atoms with van der Waals surface area (Å²) >= 11 is 5.66. The number of nitrogens with zero attached hydrogens (tertiary/aromatic N) is 1. The molecular formula is C12H15ClN2O3. The quantitative estimate of drug-likeness (QED) is 0.802. The van der Waals surface area contributed by atoms with E-state index in [1.54, 1.807) is 12.1 Å². The Morgan fingerprint density at radius 1 is 1.44 bits per heavy atom. The van der Waals surface area contributed by atoms with Gasteiger partial charge in [-0.2, -0.15) is 0 Å². The highest BCUT2D eigenvalue weighted by Crippen LogP contribution is 2.08. The van der Waals surface area contributed by atoms with E-state index in [9.17, 15) is 9.59 Å². The van der Waals surface area contributed by atoms with Crippen LogP contribution in [0.25, 0.3) is 0 Å². The van der Waals surface area contributed by atoms with E-state index in [2.05, 4.69) is 10.3 Å². The van der Waals surface area contributed by atoms with E-state index in [0.717, 1.165) is 0 Å². The first-order valence-electron chi connectivity index (χ1n) is 5.56. The van der Waals surface area contributed by atoms with Crippen molar-refractivity contribution >= 4 is 23.5 Å². The molecule has 0 saturated carbocycles. The molecule has 0 spiro atoms. The minimum atomic E-state index is -1.06. The van der Waals surface area contributed by atoms with Gasteiger partial charge in [-0.15, -0.1) is 0 Å². The van der Waals surface area contributed by atoms with Gasteiger partial charge in [0, 0.05) is 0 Å². The zero-order valence-electron chi connectivity index (χ0n) is 10.2. The average molecular weight is 271 g/mol. The molecule has 2 N–H and O–H groups in total. The fourth-order valence-corrected chi connectivity index (χ4v) is 1.62. The zero-order valence-corrected chi connectivity index (χ0v) is 10.9. The Morgan fingerprint density at radius 3 is 2.61 bits per heavy atom. The predicted octanol–water partition coefficient (Wildman–Crippen LogP) is 1.96. The number of carbonyl (C=O) groups is 2. The topological polar surface area (TPSA) is 79.3 Å². The summed E-state index contributed by atoms with van der Waals surface area (Å²) in [5.74, 6) is -1.43. The van der Waals surface area contributed by atoms with Gasteiger partial charge in [0.1, 0.15) is 16.9 Å². The van der Waals surface area contributed by atoms with Crippen molar-refractivity contribution in [3.05, 3.63) is 29.0 Å². The van der Waals surface area contributed by atoms with E-state index in [-0.39, 0.29) is 16.8 Å². The number of carboxylic acid groups (broad SMARTS) is 1. The molecule has 98 valence electrons. The Labute approximate surface area is 110 Å². The highest BCUT2D eigenvalue weighted by atomic mass is 35.5. The fourth-order valence-electron chi connectivity index (χ4n) is 1.46. The third-order valence-corrected chi connectivity index (χ3v) is 2.47. The normalized spacial score (nSPS) is 12.2. The maximum Gasteiger partial charge on any atom is 0.326 e. The molecule has 0 aliphatic heterocycles. The Kier molecular flexibility index (Phi) is 5.09. The van der Waals surface area contributed by atoms with E-state index < -0.39 is 17.9 Å². The molecule has 5 nitrogen and oxygen atoms in total. The van der Waals surface area contributed by atoms with Crippen LogP contribution in [0.2, 0.25) is 5.15 Å². The molecule has 0 saturated heterocycles. The third-order valence-electron chi connectivity index (χ3n) is 2.26. The van der Waals surface area contributed by atoms with Crippen molar-refractivity contribution < 1.29 is 14.7 Å². The molecule has 0 aliphatic carbocycles. The zero-order chi connectivity index (χ0) is 13.7. The molecule has 1 aromatic rings.